The number of amides is 1. The standard InChI is InChI=1S/C16H17F3N4O/c17-16(18,19)14-3-1-12(2-4-14)13-5-8-22(9-6-13)15(24)11-23-10-7-20-21-23/h1-4,7,10,13H,5-6,8-9,11H2. The van der Waals surface area contributed by atoms with Crippen LogP contribution in [0.3, 0.4) is 0 Å². The van der Waals surface area contributed by atoms with E-state index in [0.717, 1.165) is 30.5 Å². The smallest absolute Gasteiger partial charge is 0.341 e. The van der Waals surface area contributed by atoms with Crippen molar-refractivity contribution < 1.29 is 18.0 Å². The van der Waals surface area contributed by atoms with Crippen molar-refractivity contribution >= 4 is 5.91 Å². The van der Waals surface area contributed by atoms with Crippen molar-refractivity contribution in [3.05, 3.63) is 47.8 Å². The summed E-state index contributed by atoms with van der Waals surface area (Å²) in [5.41, 5.74) is 0.262. The quantitative estimate of drug-likeness (QED) is 0.865. The summed E-state index contributed by atoms with van der Waals surface area (Å²) in [5, 5.41) is 7.43. The molecule has 0 spiro atoms. The third kappa shape index (κ3) is 3.74. The van der Waals surface area contributed by atoms with Gasteiger partial charge in [0.2, 0.25) is 5.91 Å². The second kappa shape index (κ2) is 6.62. The first-order valence-electron chi connectivity index (χ1n) is 7.72. The summed E-state index contributed by atoms with van der Waals surface area (Å²) in [4.78, 5) is 13.9. The molecule has 1 fully saturated rings. The zero-order valence-electron chi connectivity index (χ0n) is 12.9. The molecule has 0 bridgehead atoms. The van der Waals surface area contributed by atoms with Gasteiger partial charge in [-0.1, -0.05) is 17.3 Å². The van der Waals surface area contributed by atoms with Crippen molar-refractivity contribution in [1.29, 1.82) is 0 Å². The lowest BCUT2D eigenvalue weighted by atomic mass is 9.89. The van der Waals surface area contributed by atoms with Gasteiger partial charge in [-0.2, -0.15) is 13.2 Å². The number of nitrogens with zero attached hydrogens (tertiary/aromatic N) is 4. The first kappa shape index (κ1) is 16.5. The lowest BCUT2D eigenvalue weighted by Crippen LogP contribution is -2.39. The number of rotatable bonds is 3. The number of alkyl halides is 3. The van der Waals surface area contributed by atoms with Crippen LogP contribution < -0.4 is 0 Å². The Morgan fingerprint density at radius 2 is 1.83 bits per heavy atom. The highest BCUT2D eigenvalue weighted by Gasteiger charge is 2.30. The first-order valence-corrected chi connectivity index (χ1v) is 7.72. The summed E-state index contributed by atoms with van der Waals surface area (Å²) < 4.78 is 39.3. The van der Waals surface area contributed by atoms with Gasteiger partial charge in [-0.3, -0.25) is 4.79 Å². The molecule has 8 heteroatoms. The predicted molar refractivity (Wildman–Crippen MR) is 80.0 cm³/mol. The van der Waals surface area contributed by atoms with Crippen molar-refractivity contribution in [3.63, 3.8) is 0 Å². The van der Waals surface area contributed by atoms with Gasteiger partial charge < -0.3 is 4.90 Å². The maximum Gasteiger partial charge on any atom is 0.416 e. The predicted octanol–water partition coefficient (Wildman–Crippen LogP) is 2.70. The lowest BCUT2D eigenvalue weighted by molar-refractivity contribution is -0.137. The average Bonchev–Trinajstić information content (AvgIpc) is 3.07. The van der Waals surface area contributed by atoms with Crippen LogP contribution in [0.5, 0.6) is 0 Å². The van der Waals surface area contributed by atoms with E-state index in [1.54, 1.807) is 23.2 Å². The molecule has 1 amide bonds. The Labute approximate surface area is 137 Å². The molecule has 1 aromatic carbocycles. The van der Waals surface area contributed by atoms with Gasteiger partial charge in [-0.15, -0.1) is 5.10 Å². The Bertz CT molecular complexity index is 674. The van der Waals surface area contributed by atoms with E-state index in [9.17, 15) is 18.0 Å². The van der Waals surface area contributed by atoms with Crippen molar-refractivity contribution in [1.82, 2.24) is 19.9 Å². The highest BCUT2D eigenvalue weighted by molar-refractivity contribution is 5.76. The summed E-state index contributed by atoms with van der Waals surface area (Å²) in [6, 6.07) is 5.33. The Hall–Kier alpha value is -2.38. The van der Waals surface area contributed by atoms with Crippen LogP contribution in [-0.4, -0.2) is 38.9 Å². The van der Waals surface area contributed by atoms with Crippen LogP contribution in [-0.2, 0) is 17.5 Å². The largest absolute Gasteiger partial charge is 0.416 e. The van der Waals surface area contributed by atoms with Crippen molar-refractivity contribution in [3.8, 4) is 0 Å². The van der Waals surface area contributed by atoms with Gasteiger partial charge in [0.15, 0.2) is 0 Å². The van der Waals surface area contributed by atoms with Crippen molar-refractivity contribution in [2.45, 2.75) is 31.5 Å². The number of likely N-dealkylation sites (tertiary alicyclic amines) is 1. The third-order valence-corrected chi connectivity index (χ3v) is 4.33. The molecular formula is C16H17F3N4O. The molecule has 1 aliphatic heterocycles. The Morgan fingerprint density at radius 1 is 1.17 bits per heavy atom. The van der Waals surface area contributed by atoms with E-state index in [1.807, 2.05) is 0 Å². The molecule has 24 heavy (non-hydrogen) atoms. The minimum atomic E-state index is -4.31. The average molecular weight is 338 g/mol. The van der Waals surface area contributed by atoms with E-state index in [-0.39, 0.29) is 18.4 Å². The van der Waals surface area contributed by atoms with Gasteiger partial charge in [-0.05, 0) is 36.5 Å². The highest BCUT2D eigenvalue weighted by Crippen LogP contribution is 2.32. The van der Waals surface area contributed by atoms with Crippen LogP contribution >= 0.6 is 0 Å². The maximum atomic E-state index is 12.6. The number of hydrogen-bond acceptors (Lipinski definition) is 3. The number of benzene rings is 1. The molecule has 1 saturated heterocycles. The molecule has 128 valence electrons. The minimum Gasteiger partial charge on any atom is -0.341 e. The number of halogens is 3. The first-order chi connectivity index (χ1) is 11.4. The van der Waals surface area contributed by atoms with E-state index < -0.39 is 11.7 Å². The van der Waals surface area contributed by atoms with Gasteiger partial charge >= 0.3 is 6.18 Å². The Balaban J connectivity index is 1.56. The SMILES string of the molecule is O=C(Cn1ccnn1)N1CCC(c2ccc(C(F)(F)F)cc2)CC1. The molecule has 2 aromatic rings. The fourth-order valence-electron chi connectivity index (χ4n) is 2.96. The second-order valence-corrected chi connectivity index (χ2v) is 5.88. The molecule has 1 aliphatic rings. The van der Waals surface area contributed by atoms with Gasteiger partial charge in [0.1, 0.15) is 6.54 Å². The monoisotopic (exact) mass is 338 g/mol. The number of piperidine rings is 1. The van der Waals surface area contributed by atoms with Crippen LogP contribution in [0.25, 0.3) is 0 Å². The topological polar surface area (TPSA) is 51.0 Å². The number of aromatic nitrogens is 3. The van der Waals surface area contributed by atoms with E-state index in [2.05, 4.69) is 10.3 Å². The molecule has 3 rings (SSSR count). The molecule has 0 N–H and O–H groups in total. The van der Waals surface area contributed by atoms with Crippen LogP contribution in [0, 0.1) is 0 Å². The molecule has 0 radical (unpaired) electrons. The third-order valence-electron chi connectivity index (χ3n) is 4.33. The molecular weight excluding hydrogens is 321 g/mol. The maximum absolute atomic E-state index is 12.6. The van der Waals surface area contributed by atoms with Crippen LogP contribution in [0.1, 0.15) is 29.9 Å². The van der Waals surface area contributed by atoms with Crippen LogP contribution in [0.4, 0.5) is 13.2 Å². The summed E-state index contributed by atoms with van der Waals surface area (Å²) >= 11 is 0. The molecule has 0 unspecified atom stereocenters. The fourth-order valence-corrected chi connectivity index (χ4v) is 2.96. The van der Waals surface area contributed by atoms with E-state index >= 15 is 0 Å². The van der Waals surface area contributed by atoms with Gasteiger partial charge in [0.05, 0.1) is 11.8 Å². The summed E-state index contributed by atoms with van der Waals surface area (Å²) in [6.45, 7) is 1.35. The Kier molecular flexibility index (Phi) is 4.55. The zero-order valence-corrected chi connectivity index (χ0v) is 12.9. The Morgan fingerprint density at radius 3 is 2.38 bits per heavy atom. The molecule has 0 atom stereocenters. The summed E-state index contributed by atoms with van der Waals surface area (Å²) in [6.07, 6.45) is 0.329. The molecule has 5 nitrogen and oxygen atoms in total. The van der Waals surface area contributed by atoms with Crippen molar-refractivity contribution in [2.24, 2.45) is 0 Å². The van der Waals surface area contributed by atoms with Crippen LogP contribution in [0.2, 0.25) is 0 Å². The summed E-state index contributed by atoms with van der Waals surface area (Å²) in [5.74, 6) is 0.161. The van der Waals surface area contributed by atoms with E-state index in [0.29, 0.717) is 13.1 Å². The van der Waals surface area contributed by atoms with Gasteiger partial charge in [0, 0.05) is 19.3 Å². The highest BCUT2D eigenvalue weighted by atomic mass is 19.4. The molecule has 2 heterocycles. The number of carbonyl (C=O) groups excluding carboxylic acids is 1. The minimum absolute atomic E-state index is 0.0219. The molecule has 0 aliphatic carbocycles. The zero-order chi connectivity index (χ0) is 17.2. The number of hydrogen-bond donors (Lipinski definition) is 0. The number of carbonyl (C=O) groups is 1. The molecule has 1 aromatic heterocycles. The lowest BCUT2D eigenvalue weighted by Gasteiger charge is -2.32. The van der Waals surface area contributed by atoms with Gasteiger partial charge in [0.25, 0.3) is 0 Å². The van der Waals surface area contributed by atoms with E-state index in [4.69, 9.17) is 0 Å². The molecule has 0 saturated carbocycles. The fraction of sp³-hybridized carbons (Fsp3) is 0.438. The summed E-state index contributed by atoms with van der Waals surface area (Å²) in [7, 11) is 0. The van der Waals surface area contributed by atoms with E-state index in [1.165, 1.54) is 10.9 Å². The normalized spacial score (nSPS) is 16.4. The van der Waals surface area contributed by atoms with Crippen LogP contribution in [0.15, 0.2) is 36.7 Å². The van der Waals surface area contributed by atoms with Crippen molar-refractivity contribution in [2.75, 3.05) is 13.1 Å². The second-order valence-electron chi connectivity index (χ2n) is 5.88. The van der Waals surface area contributed by atoms with Gasteiger partial charge in [-0.25, -0.2) is 4.68 Å².